The molecule has 0 bridgehead atoms. The van der Waals surface area contributed by atoms with E-state index in [-0.39, 0.29) is 29.8 Å². The van der Waals surface area contributed by atoms with Crippen LogP contribution in [0.15, 0.2) is 42.5 Å². The number of alkyl halides is 3. The van der Waals surface area contributed by atoms with Gasteiger partial charge in [-0.15, -0.1) is 0 Å². The van der Waals surface area contributed by atoms with Gasteiger partial charge in [-0.3, -0.25) is 9.48 Å². The topological polar surface area (TPSA) is 74.6 Å². The second kappa shape index (κ2) is 12.0. The summed E-state index contributed by atoms with van der Waals surface area (Å²) < 4.78 is 58.0. The van der Waals surface area contributed by atoms with Crippen LogP contribution in [0.2, 0.25) is 5.02 Å². The Balaban J connectivity index is 1.31. The minimum Gasteiger partial charge on any atom is -0.490 e. The van der Waals surface area contributed by atoms with Crippen LogP contribution in [0.25, 0.3) is 0 Å². The summed E-state index contributed by atoms with van der Waals surface area (Å²) in [6.45, 7) is 5.18. The van der Waals surface area contributed by atoms with E-state index in [0.29, 0.717) is 48.5 Å². The Labute approximate surface area is 223 Å². The molecule has 0 unspecified atom stereocenters. The fourth-order valence-corrected chi connectivity index (χ4v) is 4.37. The highest BCUT2D eigenvalue weighted by atomic mass is 35.5. The molecule has 7 nitrogen and oxygen atoms in total. The van der Waals surface area contributed by atoms with E-state index < -0.39 is 11.9 Å². The molecule has 0 saturated heterocycles. The highest BCUT2D eigenvalue weighted by Crippen LogP contribution is 2.47. The van der Waals surface area contributed by atoms with Crippen LogP contribution >= 0.6 is 11.6 Å². The Kier molecular flexibility index (Phi) is 8.71. The summed E-state index contributed by atoms with van der Waals surface area (Å²) in [7, 11) is 0. The summed E-state index contributed by atoms with van der Waals surface area (Å²) >= 11 is 5.99. The summed E-state index contributed by atoms with van der Waals surface area (Å²) in [6.07, 6.45) is -3.17. The number of carbonyl (C=O) groups excluding carboxylic acids is 1. The third-order valence-electron chi connectivity index (χ3n) is 5.87. The Bertz CT molecular complexity index is 1260. The zero-order chi connectivity index (χ0) is 27.3. The molecular formula is C27H29ClF3N3O4. The Morgan fingerprint density at radius 3 is 2.37 bits per heavy atom. The Morgan fingerprint density at radius 2 is 1.74 bits per heavy atom. The van der Waals surface area contributed by atoms with Crippen LogP contribution < -0.4 is 19.5 Å². The second-order valence-electron chi connectivity index (χ2n) is 8.80. The number of aryl methyl sites for hydroxylation is 1. The van der Waals surface area contributed by atoms with Crippen LogP contribution in [0, 0.1) is 0 Å². The predicted octanol–water partition coefficient (Wildman–Crippen LogP) is 6.84. The standard InChI is InChI=1S/C27H29ClF3N3O4/c1-3-36-21-12-5-17(15-22(21)37-4-2)16-38-20-10-8-19(9-11-20)32-23(35)13-14-34-25(18-6-7-18)24(28)26(33-34)27(29,30)31/h5,8-12,15,18H,3-4,6-7,13-14,16H2,1-2H3,(H,32,35). The van der Waals surface area contributed by atoms with Gasteiger partial charge in [-0.2, -0.15) is 18.3 Å². The SMILES string of the molecule is CCOc1ccc(COc2ccc(NC(=O)CCn3nc(C(F)(F)F)c(Cl)c3C3CC3)cc2)cc1OCC. The van der Waals surface area contributed by atoms with Crippen molar-refractivity contribution in [2.45, 2.75) is 58.4 Å². The molecular weight excluding hydrogens is 523 g/mol. The van der Waals surface area contributed by atoms with E-state index in [9.17, 15) is 18.0 Å². The maximum Gasteiger partial charge on any atom is 0.436 e. The van der Waals surface area contributed by atoms with Crippen molar-refractivity contribution in [2.75, 3.05) is 18.5 Å². The van der Waals surface area contributed by atoms with Crippen molar-refractivity contribution < 1.29 is 32.2 Å². The summed E-state index contributed by atoms with van der Waals surface area (Å²) in [5, 5.41) is 6.04. The fourth-order valence-electron chi connectivity index (χ4n) is 3.97. The van der Waals surface area contributed by atoms with Crippen LogP contribution in [0.3, 0.4) is 0 Å². The molecule has 1 heterocycles. The van der Waals surface area contributed by atoms with E-state index in [1.54, 1.807) is 24.3 Å². The van der Waals surface area contributed by atoms with Crippen molar-refractivity contribution in [3.8, 4) is 17.2 Å². The Morgan fingerprint density at radius 1 is 1.05 bits per heavy atom. The molecule has 0 atom stereocenters. The first-order valence-corrected chi connectivity index (χ1v) is 12.8. The van der Waals surface area contributed by atoms with Gasteiger partial charge in [-0.25, -0.2) is 0 Å². The third-order valence-corrected chi connectivity index (χ3v) is 6.24. The molecule has 1 aliphatic carbocycles. The van der Waals surface area contributed by atoms with E-state index in [2.05, 4.69) is 10.4 Å². The van der Waals surface area contributed by atoms with Crippen LogP contribution in [-0.2, 0) is 24.1 Å². The van der Waals surface area contributed by atoms with Gasteiger partial charge in [0.05, 0.1) is 30.5 Å². The number of hydrogen-bond acceptors (Lipinski definition) is 5. The van der Waals surface area contributed by atoms with Crippen molar-refractivity contribution >= 4 is 23.2 Å². The summed E-state index contributed by atoms with van der Waals surface area (Å²) in [5.74, 6) is 1.55. The van der Waals surface area contributed by atoms with Gasteiger partial charge in [0, 0.05) is 18.0 Å². The summed E-state index contributed by atoms with van der Waals surface area (Å²) in [4.78, 5) is 12.5. The first-order chi connectivity index (χ1) is 18.2. The molecule has 1 fully saturated rings. The number of amides is 1. The van der Waals surface area contributed by atoms with Gasteiger partial charge in [0.2, 0.25) is 5.91 Å². The van der Waals surface area contributed by atoms with E-state index in [1.807, 2.05) is 32.0 Å². The summed E-state index contributed by atoms with van der Waals surface area (Å²) in [6, 6.07) is 12.5. The first kappa shape index (κ1) is 27.6. The normalized spacial score (nSPS) is 13.3. The number of nitrogens with one attached hydrogen (secondary N) is 1. The van der Waals surface area contributed by atoms with Gasteiger partial charge >= 0.3 is 6.18 Å². The van der Waals surface area contributed by atoms with Gasteiger partial charge in [0.15, 0.2) is 17.2 Å². The van der Waals surface area contributed by atoms with Crippen molar-refractivity contribution in [1.29, 1.82) is 0 Å². The van der Waals surface area contributed by atoms with Gasteiger partial charge in [-0.1, -0.05) is 17.7 Å². The van der Waals surface area contributed by atoms with Crippen LogP contribution in [-0.4, -0.2) is 28.9 Å². The first-order valence-electron chi connectivity index (χ1n) is 12.4. The van der Waals surface area contributed by atoms with Crippen molar-refractivity contribution in [1.82, 2.24) is 9.78 Å². The van der Waals surface area contributed by atoms with Crippen molar-refractivity contribution in [3.63, 3.8) is 0 Å². The molecule has 1 amide bonds. The molecule has 0 radical (unpaired) electrons. The van der Waals surface area contributed by atoms with E-state index in [4.69, 9.17) is 25.8 Å². The number of nitrogens with zero attached hydrogens (tertiary/aromatic N) is 2. The molecule has 38 heavy (non-hydrogen) atoms. The van der Waals surface area contributed by atoms with Gasteiger partial charge in [0.25, 0.3) is 0 Å². The zero-order valence-corrected chi connectivity index (χ0v) is 21.9. The maximum atomic E-state index is 13.2. The van der Waals surface area contributed by atoms with Crippen LogP contribution in [0.1, 0.15) is 56.0 Å². The molecule has 2 aromatic carbocycles. The highest BCUT2D eigenvalue weighted by molar-refractivity contribution is 6.32. The molecule has 11 heteroatoms. The van der Waals surface area contributed by atoms with Gasteiger partial charge < -0.3 is 19.5 Å². The lowest BCUT2D eigenvalue weighted by molar-refractivity contribution is -0.141. The number of halogens is 4. The molecule has 1 N–H and O–H groups in total. The number of rotatable bonds is 12. The van der Waals surface area contributed by atoms with Gasteiger partial charge in [0.1, 0.15) is 12.4 Å². The third kappa shape index (κ3) is 6.92. The minimum absolute atomic E-state index is 0.000477. The summed E-state index contributed by atoms with van der Waals surface area (Å²) in [5.41, 5.74) is 0.705. The number of hydrogen-bond donors (Lipinski definition) is 1. The number of anilines is 1. The van der Waals surface area contributed by atoms with E-state index >= 15 is 0 Å². The molecule has 3 aromatic rings. The second-order valence-corrected chi connectivity index (χ2v) is 9.18. The lowest BCUT2D eigenvalue weighted by atomic mass is 10.2. The quantitative estimate of drug-likeness (QED) is 0.267. The van der Waals surface area contributed by atoms with Crippen LogP contribution in [0.4, 0.5) is 18.9 Å². The predicted molar refractivity (Wildman–Crippen MR) is 137 cm³/mol. The van der Waals surface area contributed by atoms with E-state index in [1.165, 1.54) is 4.68 Å². The highest BCUT2D eigenvalue weighted by Gasteiger charge is 2.42. The van der Waals surface area contributed by atoms with Gasteiger partial charge in [-0.05, 0) is 68.7 Å². The molecule has 1 aromatic heterocycles. The number of carbonyl (C=O) groups is 1. The average Bonchev–Trinajstić information content (AvgIpc) is 3.65. The fraction of sp³-hybridized carbons (Fsp3) is 0.407. The molecule has 0 spiro atoms. The smallest absolute Gasteiger partial charge is 0.436 e. The largest absolute Gasteiger partial charge is 0.490 e. The molecule has 1 aliphatic rings. The molecule has 1 saturated carbocycles. The van der Waals surface area contributed by atoms with Crippen molar-refractivity contribution in [2.24, 2.45) is 0 Å². The number of aromatic nitrogens is 2. The zero-order valence-electron chi connectivity index (χ0n) is 21.1. The Hall–Kier alpha value is -3.40. The van der Waals surface area contributed by atoms with E-state index in [0.717, 1.165) is 18.4 Å². The molecule has 4 rings (SSSR count). The maximum absolute atomic E-state index is 13.2. The number of ether oxygens (including phenoxy) is 3. The number of benzene rings is 2. The lowest BCUT2D eigenvalue weighted by Crippen LogP contribution is -2.16. The minimum atomic E-state index is -4.64. The van der Waals surface area contributed by atoms with Crippen molar-refractivity contribution in [3.05, 3.63) is 64.4 Å². The average molecular weight is 552 g/mol. The molecule has 0 aliphatic heterocycles. The van der Waals surface area contributed by atoms with Crippen LogP contribution in [0.5, 0.6) is 17.2 Å². The molecule has 204 valence electrons. The monoisotopic (exact) mass is 551 g/mol. The lowest BCUT2D eigenvalue weighted by Gasteiger charge is -2.13.